The normalized spacial score (nSPS) is 20.1. The second-order valence-corrected chi connectivity index (χ2v) is 6.94. The summed E-state index contributed by atoms with van der Waals surface area (Å²) in [6.07, 6.45) is -0.112. The minimum atomic E-state index is -3.36. The van der Waals surface area contributed by atoms with Crippen LogP contribution in [0.25, 0.3) is 0 Å². The van der Waals surface area contributed by atoms with Crippen molar-refractivity contribution in [2.75, 3.05) is 33.3 Å². The monoisotopic (exact) mass is 309 g/mol. The number of hydrogen-bond acceptors (Lipinski definition) is 5. The van der Waals surface area contributed by atoms with Gasteiger partial charge >= 0.3 is 0 Å². The molecular weight excluding hydrogens is 290 g/mol. The van der Waals surface area contributed by atoms with Crippen LogP contribution in [0.1, 0.15) is 11.1 Å². The van der Waals surface area contributed by atoms with E-state index in [0.29, 0.717) is 37.4 Å². The van der Waals surface area contributed by atoms with Gasteiger partial charge in [0.05, 0.1) is 30.1 Å². The molecule has 0 aliphatic carbocycles. The fraction of sp³-hybridized carbons (Fsp3) is 0.500. The van der Waals surface area contributed by atoms with E-state index in [1.54, 1.807) is 24.3 Å². The summed E-state index contributed by atoms with van der Waals surface area (Å²) in [4.78, 5) is 0. The largest absolute Gasteiger partial charge is 0.374 e. The maximum atomic E-state index is 12.4. The molecular formula is C14H19N3O3S. The number of ether oxygens (including phenoxy) is 1. The van der Waals surface area contributed by atoms with Crippen molar-refractivity contribution in [1.82, 2.24) is 9.62 Å². The molecule has 7 heteroatoms. The molecule has 1 heterocycles. The second kappa shape index (κ2) is 7.00. The molecule has 114 valence electrons. The Bertz CT molecular complexity index is 605. The summed E-state index contributed by atoms with van der Waals surface area (Å²) in [7, 11) is -1.55. The predicted molar refractivity (Wildman–Crippen MR) is 79.0 cm³/mol. The van der Waals surface area contributed by atoms with E-state index in [1.165, 1.54) is 4.31 Å². The molecule has 1 aliphatic heterocycles. The van der Waals surface area contributed by atoms with Crippen LogP contribution in [0.2, 0.25) is 0 Å². The zero-order valence-electron chi connectivity index (χ0n) is 11.9. The Hall–Kier alpha value is -1.46. The zero-order chi connectivity index (χ0) is 15.3. The first-order chi connectivity index (χ1) is 10.0. The molecule has 0 amide bonds. The number of sulfonamides is 1. The molecule has 0 aromatic heterocycles. The summed E-state index contributed by atoms with van der Waals surface area (Å²) in [6, 6.07) is 8.65. The van der Waals surface area contributed by atoms with Crippen molar-refractivity contribution in [3.63, 3.8) is 0 Å². The molecule has 1 atom stereocenters. The van der Waals surface area contributed by atoms with Crippen LogP contribution in [-0.4, -0.2) is 52.1 Å². The molecule has 21 heavy (non-hydrogen) atoms. The fourth-order valence-electron chi connectivity index (χ4n) is 2.27. The SMILES string of the molecule is CNCC1CN(S(=O)(=O)Cc2ccc(C#N)cc2)CCO1. The standard InChI is InChI=1S/C14H19N3O3S/c1-16-9-14-10-17(6-7-20-14)21(18,19)11-13-4-2-12(8-15)3-5-13/h2-5,14,16H,6-7,9-11H2,1H3. The third kappa shape index (κ3) is 4.25. The molecule has 1 saturated heterocycles. The molecule has 1 fully saturated rings. The fourth-order valence-corrected chi connectivity index (χ4v) is 3.82. The third-order valence-electron chi connectivity index (χ3n) is 3.36. The molecule has 0 spiro atoms. The van der Waals surface area contributed by atoms with Crippen LogP contribution >= 0.6 is 0 Å². The van der Waals surface area contributed by atoms with Gasteiger partial charge in [-0.3, -0.25) is 0 Å². The molecule has 0 bridgehead atoms. The Kier molecular flexibility index (Phi) is 5.31. The minimum Gasteiger partial charge on any atom is -0.374 e. The lowest BCUT2D eigenvalue weighted by Crippen LogP contribution is -2.48. The number of rotatable bonds is 5. The second-order valence-electron chi connectivity index (χ2n) is 4.97. The van der Waals surface area contributed by atoms with Gasteiger partial charge in [0.1, 0.15) is 0 Å². The van der Waals surface area contributed by atoms with Gasteiger partial charge in [-0.1, -0.05) is 12.1 Å². The van der Waals surface area contributed by atoms with E-state index in [9.17, 15) is 8.42 Å². The zero-order valence-corrected chi connectivity index (χ0v) is 12.8. The van der Waals surface area contributed by atoms with Gasteiger partial charge in [-0.05, 0) is 24.7 Å². The van der Waals surface area contributed by atoms with Gasteiger partial charge < -0.3 is 10.1 Å². The Morgan fingerprint density at radius 3 is 2.76 bits per heavy atom. The van der Waals surface area contributed by atoms with Crippen molar-refractivity contribution in [1.29, 1.82) is 5.26 Å². The maximum absolute atomic E-state index is 12.4. The number of morpholine rings is 1. The Balaban J connectivity index is 2.05. The molecule has 2 rings (SSSR count). The van der Waals surface area contributed by atoms with Gasteiger partial charge in [-0.15, -0.1) is 0 Å². The number of hydrogen-bond donors (Lipinski definition) is 1. The summed E-state index contributed by atoms with van der Waals surface area (Å²) in [5, 5.41) is 11.7. The first-order valence-electron chi connectivity index (χ1n) is 6.78. The van der Waals surface area contributed by atoms with Gasteiger partial charge in [-0.2, -0.15) is 9.57 Å². The lowest BCUT2D eigenvalue weighted by atomic mass is 10.2. The average Bonchev–Trinajstić information content (AvgIpc) is 2.48. The van der Waals surface area contributed by atoms with Crippen LogP contribution in [-0.2, 0) is 20.5 Å². The predicted octanol–water partition coefficient (Wildman–Crippen LogP) is 0.308. The lowest BCUT2D eigenvalue weighted by Gasteiger charge is -2.32. The highest BCUT2D eigenvalue weighted by Gasteiger charge is 2.29. The van der Waals surface area contributed by atoms with Crippen LogP contribution < -0.4 is 5.32 Å². The summed E-state index contributed by atoms with van der Waals surface area (Å²) in [6.45, 7) is 1.81. The number of benzene rings is 1. The van der Waals surface area contributed by atoms with Gasteiger partial charge in [0.2, 0.25) is 10.0 Å². The van der Waals surface area contributed by atoms with Crippen molar-refractivity contribution in [3.05, 3.63) is 35.4 Å². The van der Waals surface area contributed by atoms with E-state index in [4.69, 9.17) is 10.00 Å². The van der Waals surface area contributed by atoms with Gasteiger partial charge in [0, 0.05) is 19.6 Å². The molecule has 6 nitrogen and oxygen atoms in total. The summed E-state index contributed by atoms with van der Waals surface area (Å²) < 4.78 is 31.9. The summed E-state index contributed by atoms with van der Waals surface area (Å²) in [5.41, 5.74) is 1.21. The van der Waals surface area contributed by atoms with Crippen molar-refractivity contribution in [3.8, 4) is 6.07 Å². The van der Waals surface area contributed by atoms with Gasteiger partial charge in [-0.25, -0.2) is 8.42 Å². The van der Waals surface area contributed by atoms with Crippen LogP contribution in [0.15, 0.2) is 24.3 Å². The highest BCUT2D eigenvalue weighted by Crippen LogP contribution is 2.15. The van der Waals surface area contributed by atoms with E-state index < -0.39 is 10.0 Å². The average molecular weight is 309 g/mol. The van der Waals surface area contributed by atoms with Crippen LogP contribution in [0.5, 0.6) is 0 Å². The minimum absolute atomic E-state index is 0.0506. The number of nitrogens with one attached hydrogen (secondary N) is 1. The Morgan fingerprint density at radius 1 is 1.43 bits per heavy atom. The van der Waals surface area contributed by atoms with Gasteiger partial charge in [0.25, 0.3) is 0 Å². The van der Waals surface area contributed by atoms with E-state index in [1.807, 2.05) is 13.1 Å². The van der Waals surface area contributed by atoms with E-state index in [2.05, 4.69) is 5.32 Å². The number of nitriles is 1. The summed E-state index contributed by atoms with van der Waals surface area (Å²) >= 11 is 0. The molecule has 1 aromatic carbocycles. The molecule has 1 N–H and O–H groups in total. The van der Waals surface area contributed by atoms with E-state index >= 15 is 0 Å². The molecule has 1 unspecified atom stereocenters. The third-order valence-corrected chi connectivity index (χ3v) is 5.18. The van der Waals surface area contributed by atoms with Crippen molar-refractivity contribution >= 4 is 10.0 Å². The van der Waals surface area contributed by atoms with E-state index in [-0.39, 0.29) is 11.9 Å². The first kappa shape index (κ1) is 15.9. The van der Waals surface area contributed by atoms with Crippen LogP contribution in [0.3, 0.4) is 0 Å². The highest BCUT2D eigenvalue weighted by molar-refractivity contribution is 7.88. The van der Waals surface area contributed by atoms with Crippen molar-refractivity contribution in [2.24, 2.45) is 0 Å². The first-order valence-corrected chi connectivity index (χ1v) is 8.39. The number of nitrogens with zero attached hydrogens (tertiary/aromatic N) is 2. The van der Waals surface area contributed by atoms with Crippen molar-refractivity contribution < 1.29 is 13.2 Å². The van der Waals surface area contributed by atoms with Gasteiger partial charge in [0.15, 0.2) is 0 Å². The lowest BCUT2D eigenvalue weighted by molar-refractivity contribution is 0.000777. The quantitative estimate of drug-likeness (QED) is 0.846. The molecule has 1 aromatic rings. The van der Waals surface area contributed by atoms with Crippen LogP contribution in [0.4, 0.5) is 0 Å². The topological polar surface area (TPSA) is 82.4 Å². The Labute approximate surface area is 125 Å². The molecule has 0 saturated carbocycles. The van der Waals surface area contributed by atoms with Crippen LogP contribution in [0, 0.1) is 11.3 Å². The maximum Gasteiger partial charge on any atom is 0.218 e. The van der Waals surface area contributed by atoms with Crippen molar-refractivity contribution in [2.45, 2.75) is 11.9 Å². The summed E-state index contributed by atoms with van der Waals surface area (Å²) in [5.74, 6) is -0.0506. The number of likely N-dealkylation sites (N-methyl/N-ethyl adjacent to an activating group) is 1. The molecule has 0 radical (unpaired) electrons. The van der Waals surface area contributed by atoms with E-state index in [0.717, 1.165) is 0 Å². The molecule has 1 aliphatic rings. The highest BCUT2D eigenvalue weighted by atomic mass is 32.2. The Morgan fingerprint density at radius 2 is 2.14 bits per heavy atom. The smallest absolute Gasteiger partial charge is 0.218 e.